The van der Waals surface area contributed by atoms with Crippen molar-refractivity contribution in [3.8, 4) is 5.75 Å². The van der Waals surface area contributed by atoms with E-state index in [-0.39, 0.29) is 11.5 Å². The van der Waals surface area contributed by atoms with Gasteiger partial charge in [-0.25, -0.2) is 9.69 Å². The third kappa shape index (κ3) is 3.82. The van der Waals surface area contributed by atoms with Crippen molar-refractivity contribution < 1.29 is 28.5 Å². The second-order valence-corrected chi connectivity index (χ2v) is 5.56. The van der Waals surface area contributed by atoms with Crippen molar-refractivity contribution in [1.82, 2.24) is 10.2 Å². The molecule has 3 rings (SSSR count). The van der Waals surface area contributed by atoms with Crippen LogP contribution in [0.4, 0.5) is 16.4 Å². The van der Waals surface area contributed by atoms with Gasteiger partial charge in [-0.15, -0.1) is 0 Å². The Balaban J connectivity index is 1.70. The van der Waals surface area contributed by atoms with E-state index in [9.17, 15) is 24.5 Å². The van der Waals surface area contributed by atoms with Gasteiger partial charge in [-0.2, -0.15) is 0 Å². The van der Waals surface area contributed by atoms with E-state index in [0.717, 1.165) is 12.1 Å². The summed E-state index contributed by atoms with van der Waals surface area (Å²) < 4.78 is 10.0. The lowest BCUT2D eigenvalue weighted by Crippen LogP contribution is -2.38. The van der Waals surface area contributed by atoms with Gasteiger partial charge in [0.1, 0.15) is 28.7 Å². The Kier molecular flexibility index (Phi) is 5.07. The quantitative estimate of drug-likeness (QED) is 0.333. The number of carbonyl (C=O) groups excluding carboxylic acids is 3. The number of furan rings is 1. The summed E-state index contributed by atoms with van der Waals surface area (Å²) in [7, 11) is 1.44. The largest absolute Gasteiger partial charge is 0.495 e. The lowest BCUT2D eigenvalue weighted by atomic mass is 10.3. The molecule has 11 heteroatoms. The Hall–Kier alpha value is -4.15. The molecule has 2 N–H and O–H groups in total. The van der Waals surface area contributed by atoms with Crippen LogP contribution < -0.4 is 15.4 Å². The minimum atomic E-state index is -0.799. The molecule has 0 radical (unpaired) electrons. The van der Waals surface area contributed by atoms with E-state index < -0.39 is 35.2 Å². The summed E-state index contributed by atoms with van der Waals surface area (Å²) in [4.78, 5) is 47.2. The van der Waals surface area contributed by atoms with Gasteiger partial charge in [0.25, 0.3) is 5.91 Å². The molecule has 1 aliphatic rings. The number of hydrogen-bond acceptors (Lipinski definition) is 7. The summed E-state index contributed by atoms with van der Waals surface area (Å²) in [5.41, 5.74) is 0.222. The second kappa shape index (κ2) is 7.61. The molecule has 11 nitrogen and oxygen atoms in total. The van der Waals surface area contributed by atoms with Crippen molar-refractivity contribution in [3.63, 3.8) is 0 Å². The number of urea groups is 1. The number of carbonyl (C=O) groups is 3. The molecule has 0 atom stereocenters. The molecule has 0 saturated carbocycles. The van der Waals surface area contributed by atoms with Crippen LogP contribution in [0.25, 0.3) is 6.08 Å². The Morgan fingerprint density at radius 3 is 2.75 bits per heavy atom. The second-order valence-electron chi connectivity index (χ2n) is 5.56. The fourth-order valence-electron chi connectivity index (χ4n) is 2.46. The highest BCUT2D eigenvalue weighted by Crippen LogP contribution is 2.23. The minimum absolute atomic E-state index is 0.00988. The summed E-state index contributed by atoms with van der Waals surface area (Å²) >= 11 is 0. The van der Waals surface area contributed by atoms with Gasteiger partial charge in [0.05, 0.1) is 18.9 Å². The molecule has 0 bridgehead atoms. The van der Waals surface area contributed by atoms with Crippen LogP contribution in [0.3, 0.4) is 0 Å². The predicted octanol–water partition coefficient (Wildman–Crippen LogP) is 1.73. The number of benzene rings is 1. The van der Waals surface area contributed by atoms with Crippen LogP contribution >= 0.6 is 0 Å². The Morgan fingerprint density at radius 1 is 1.32 bits per heavy atom. The first-order chi connectivity index (χ1) is 13.4. The molecular formula is C17H14N4O7. The molecule has 2 aromatic rings. The van der Waals surface area contributed by atoms with E-state index in [1.54, 1.807) is 24.3 Å². The molecule has 0 aliphatic carbocycles. The Bertz CT molecular complexity index is 995. The van der Waals surface area contributed by atoms with Crippen LogP contribution in [0.1, 0.15) is 5.76 Å². The number of para-hydroxylation sites is 2. The number of imide groups is 1. The SMILES string of the molecule is COc1ccccc1NC(=O)CN1C(=O)N/C(=C/c2ccc([N+](=O)[O-])o2)C1=O. The van der Waals surface area contributed by atoms with Crippen LogP contribution in [0.2, 0.25) is 0 Å². The van der Waals surface area contributed by atoms with Gasteiger partial charge in [-0.1, -0.05) is 12.1 Å². The lowest BCUT2D eigenvalue weighted by molar-refractivity contribution is -0.402. The maximum absolute atomic E-state index is 12.4. The summed E-state index contributed by atoms with van der Waals surface area (Å²) in [6, 6.07) is 8.27. The topological polar surface area (TPSA) is 144 Å². The maximum Gasteiger partial charge on any atom is 0.433 e. The number of ether oxygens (including phenoxy) is 1. The van der Waals surface area contributed by atoms with Gasteiger partial charge in [-0.05, 0) is 18.2 Å². The van der Waals surface area contributed by atoms with Gasteiger partial charge in [0, 0.05) is 6.08 Å². The zero-order valence-electron chi connectivity index (χ0n) is 14.5. The number of anilines is 1. The van der Waals surface area contributed by atoms with E-state index in [4.69, 9.17) is 9.15 Å². The van der Waals surface area contributed by atoms with E-state index >= 15 is 0 Å². The fourth-order valence-corrected chi connectivity index (χ4v) is 2.46. The van der Waals surface area contributed by atoms with Gasteiger partial charge >= 0.3 is 11.9 Å². The number of nitro groups is 1. The zero-order chi connectivity index (χ0) is 20.3. The van der Waals surface area contributed by atoms with E-state index in [1.165, 1.54) is 13.2 Å². The van der Waals surface area contributed by atoms with Crippen LogP contribution in [-0.2, 0) is 9.59 Å². The highest BCUT2D eigenvalue weighted by molar-refractivity contribution is 6.15. The minimum Gasteiger partial charge on any atom is -0.495 e. The van der Waals surface area contributed by atoms with Crippen molar-refractivity contribution >= 4 is 35.5 Å². The third-order valence-corrected chi connectivity index (χ3v) is 3.72. The first-order valence-corrected chi connectivity index (χ1v) is 7.90. The molecule has 2 heterocycles. The fraction of sp³-hybridized carbons (Fsp3) is 0.118. The molecule has 0 spiro atoms. The highest BCUT2D eigenvalue weighted by atomic mass is 16.6. The molecule has 1 aliphatic heterocycles. The normalized spacial score (nSPS) is 14.9. The number of amides is 4. The molecule has 0 unspecified atom stereocenters. The van der Waals surface area contributed by atoms with E-state index in [2.05, 4.69) is 10.6 Å². The summed E-state index contributed by atoms with van der Waals surface area (Å²) in [5.74, 6) is -1.44. The Labute approximate surface area is 157 Å². The van der Waals surface area contributed by atoms with E-state index in [1.807, 2.05) is 0 Å². The molecule has 4 amide bonds. The van der Waals surface area contributed by atoms with Gasteiger partial charge in [-0.3, -0.25) is 19.7 Å². The van der Waals surface area contributed by atoms with E-state index in [0.29, 0.717) is 16.3 Å². The predicted molar refractivity (Wildman–Crippen MR) is 95.2 cm³/mol. The number of rotatable bonds is 6. The number of nitrogens with one attached hydrogen (secondary N) is 2. The third-order valence-electron chi connectivity index (χ3n) is 3.72. The summed E-state index contributed by atoms with van der Waals surface area (Å²) in [6.07, 6.45) is 1.14. The van der Waals surface area contributed by atoms with Gasteiger partial charge in [0.2, 0.25) is 5.91 Å². The van der Waals surface area contributed by atoms with Crippen molar-refractivity contribution in [1.29, 1.82) is 0 Å². The van der Waals surface area contributed by atoms with Crippen molar-refractivity contribution in [2.24, 2.45) is 0 Å². The molecule has 1 fully saturated rings. The number of methoxy groups -OCH3 is 1. The molecule has 28 heavy (non-hydrogen) atoms. The van der Waals surface area contributed by atoms with Crippen LogP contribution in [0, 0.1) is 10.1 Å². The van der Waals surface area contributed by atoms with Gasteiger partial charge < -0.3 is 19.8 Å². The summed E-state index contributed by atoms with van der Waals surface area (Å²) in [6.45, 7) is -0.529. The monoisotopic (exact) mass is 386 g/mol. The first kappa shape index (κ1) is 18.6. The highest BCUT2D eigenvalue weighted by Gasteiger charge is 2.35. The number of hydrogen-bond donors (Lipinski definition) is 2. The first-order valence-electron chi connectivity index (χ1n) is 7.90. The lowest BCUT2D eigenvalue weighted by Gasteiger charge is -2.13. The zero-order valence-corrected chi connectivity index (χ0v) is 14.5. The van der Waals surface area contributed by atoms with Gasteiger partial charge in [0.15, 0.2) is 0 Å². The van der Waals surface area contributed by atoms with Crippen molar-refractivity contribution in [2.45, 2.75) is 0 Å². The van der Waals surface area contributed by atoms with Crippen molar-refractivity contribution in [2.75, 3.05) is 19.0 Å². The smallest absolute Gasteiger partial charge is 0.433 e. The average Bonchev–Trinajstić information content (AvgIpc) is 3.23. The molecule has 1 saturated heterocycles. The summed E-state index contributed by atoms with van der Waals surface area (Å²) in [5, 5.41) is 15.5. The molecule has 1 aromatic heterocycles. The molecule has 1 aromatic carbocycles. The molecule has 144 valence electrons. The van der Waals surface area contributed by atoms with Crippen LogP contribution in [0.5, 0.6) is 5.75 Å². The van der Waals surface area contributed by atoms with Crippen LogP contribution in [-0.4, -0.2) is 41.3 Å². The van der Waals surface area contributed by atoms with Crippen molar-refractivity contribution in [3.05, 3.63) is 58.0 Å². The average molecular weight is 386 g/mol. The standard InChI is InChI=1S/C17H14N4O7/c1-27-13-5-3-2-4-11(13)18-14(22)9-20-16(23)12(19-17(20)24)8-10-6-7-15(28-10)21(25)26/h2-8H,9H2,1H3,(H,18,22)(H,19,24)/b12-8+. The Morgan fingerprint density at radius 2 is 2.07 bits per heavy atom. The number of nitrogens with zero attached hydrogens (tertiary/aromatic N) is 2. The maximum atomic E-state index is 12.4. The van der Waals surface area contributed by atoms with Crippen LogP contribution in [0.15, 0.2) is 46.5 Å². The molecular weight excluding hydrogens is 372 g/mol.